The molecule has 0 bridgehead atoms. The van der Waals surface area contributed by atoms with Gasteiger partial charge in [0.1, 0.15) is 12.1 Å². The molecule has 1 saturated heterocycles. The topological polar surface area (TPSA) is 105 Å². The second-order valence-electron chi connectivity index (χ2n) is 8.31. The predicted octanol–water partition coefficient (Wildman–Crippen LogP) is 1.33. The summed E-state index contributed by atoms with van der Waals surface area (Å²) in [5, 5.41) is 5.49. The zero-order valence-electron chi connectivity index (χ0n) is 16.2. The molecular formula is C18H29N3O5. The third-order valence-corrected chi connectivity index (χ3v) is 4.96. The summed E-state index contributed by atoms with van der Waals surface area (Å²) in [5.74, 6) is -1.57. The molecule has 2 aliphatic rings. The van der Waals surface area contributed by atoms with Gasteiger partial charge in [-0.2, -0.15) is 0 Å². The van der Waals surface area contributed by atoms with E-state index < -0.39 is 41.6 Å². The smallest absolute Gasteiger partial charge is 0.327 e. The fourth-order valence-corrected chi connectivity index (χ4v) is 3.53. The third-order valence-electron chi connectivity index (χ3n) is 4.96. The number of imide groups is 1. The van der Waals surface area contributed by atoms with Gasteiger partial charge in [0.15, 0.2) is 6.10 Å². The highest BCUT2D eigenvalue weighted by atomic mass is 16.5. The molecule has 1 aliphatic carbocycles. The van der Waals surface area contributed by atoms with E-state index in [1.807, 2.05) is 27.7 Å². The molecule has 0 radical (unpaired) electrons. The van der Waals surface area contributed by atoms with Crippen molar-refractivity contribution >= 4 is 23.8 Å². The van der Waals surface area contributed by atoms with Crippen LogP contribution in [0, 0.1) is 5.92 Å². The summed E-state index contributed by atoms with van der Waals surface area (Å²) < 4.78 is 5.09. The minimum atomic E-state index is -1.01. The Hall–Kier alpha value is -2.12. The number of urea groups is 1. The Morgan fingerprint density at radius 1 is 1.35 bits per heavy atom. The fourth-order valence-electron chi connectivity index (χ4n) is 3.53. The number of esters is 1. The molecule has 1 heterocycles. The standard InChI is InChI=1S/C18H29N3O5/c1-11-8-6-7-9-18(11)15(24)21(16(25)20-18)10-13(22)26-12(2)14(23)19-17(3,4)5/h11-12H,6-10H2,1-5H3,(H,19,23)(H,20,25)/t11-,12+,18+/m1/s1. The molecule has 8 nitrogen and oxygen atoms in total. The van der Waals surface area contributed by atoms with Gasteiger partial charge in [-0.25, -0.2) is 4.79 Å². The molecule has 146 valence electrons. The van der Waals surface area contributed by atoms with Crippen molar-refractivity contribution in [3.63, 3.8) is 0 Å². The summed E-state index contributed by atoms with van der Waals surface area (Å²) in [6.45, 7) is 8.35. The zero-order valence-corrected chi connectivity index (χ0v) is 16.2. The molecule has 26 heavy (non-hydrogen) atoms. The van der Waals surface area contributed by atoms with Crippen molar-refractivity contribution in [1.29, 1.82) is 0 Å². The van der Waals surface area contributed by atoms with Crippen molar-refractivity contribution in [2.24, 2.45) is 5.92 Å². The first-order chi connectivity index (χ1) is 12.0. The number of carbonyl (C=O) groups is 4. The van der Waals surface area contributed by atoms with Crippen LogP contribution in [-0.2, 0) is 19.1 Å². The maximum Gasteiger partial charge on any atom is 0.327 e. The van der Waals surface area contributed by atoms with E-state index in [1.54, 1.807) is 0 Å². The van der Waals surface area contributed by atoms with Crippen molar-refractivity contribution in [2.75, 3.05) is 6.54 Å². The van der Waals surface area contributed by atoms with Gasteiger partial charge in [0.05, 0.1) is 0 Å². The second-order valence-corrected chi connectivity index (χ2v) is 8.31. The monoisotopic (exact) mass is 367 g/mol. The van der Waals surface area contributed by atoms with Crippen LogP contribution in [0.1, 0.15) is 60.3 Å². The van der Waals surface area contributed by atoms with Crippen LogP contribution in [0.25, 0.3) is 0 Å². The highest BCUT2D eigenvalue weighted by molar-refractivity contribution is 6.09. The fraction of sp³-hybridized carbons (Fsp3) is 0.778. The quantitative estimate of drug-likeness (QED) is 0.576. The number of amides is 4. The van der Waals surface area contributed by atoms with Gasteiger partial charge >= 0.3 is 12.0 Å². The first-order valence-corrected chi connectivity index (χ1v) is 9.12. The van der Waals surface area contributed by atoms with Crippen LogP contribution >= 0.6 is 0 Å². The van der Waals surface area contributed by atoms with E-state index in [-0.39, 0.29) is 11.8 Å². The van der Waals surface area contributed by atoms with E-state index in [4.69, 9.17) is 4.74 Å². The van der Waals surface area contributed by atoms with Crippen LogP contribution in [0.15, 0.2) is 0 Å². The summed E-state index contributed by atoms with van der Waals surface area (Å²) >= 11 is 0. The maximum absolute atomic E-state index is 12.8. The lowest BCUT2D eigenvalue weighted by Gasteiger charge is -2.36. The average Bonchev–Trinajstić information content (AvgIpc) is 2.74. The Bertz CT molecular complexity index is 612. The van der Waals surface area contributed by atoms with E-state index in [1.165, 1.54) is 6.92 Å². The van der Waals surface area contributed by atoms with Gasteiger partial charge in [-0.15, -0.1) is 0 Å². The van der Waals surface area contributed by atoms with Gasteiger partial charge in [0, 0.05) is 5.54 Å². The molecular weight excluding hydrogens is 338 g/mol. The third kappa shape index (κ3) is 4.16. The van der Waals surface area contributed by atoms with Crippen LogP contribution in [0.3, 0.4) is 0 Å². The Kier molecular flexibility index (Phi) is 5.63. The first-order valence-electron chi connectivity index (χ1n) is 9.12. The van der Waals surface area contributed by atoms with Crippen LogP contribution in [-0.4, -0.2) is 52.4 Å². The predicted molar refractivity (Wildman–Crippen MR) is 94.1 cm³/mol. The summed E-state index contributed by atoms with van der Waals surface area (Å²) in [6, 6.07) is -0.576. The largest absolute Gasteiger partial charge is 0.451 e. The molecule has 1 spiro atoms. The van der Waals surface area contributed by atoms with Crippen LogP contribution in [0.5, 0.6) is 0 Å². The van der Waals surface area contributed by atoms with E-state index >= 15 is 0 Å². The molecule has 1 saturated carbocycles. The van der Waals surface area contributed by atoms with E-state index in [9.17, 15) is 19.2 Å². The SMILES string of the molecule is C[C@H](OC(=O)CN1C(=O)N[C@]2(CCCC[C@H]2C)C1=O)C(=O)NC(C)(C)C. The highest BCUT2D eigenvalue weighted by Gasteiger charge is 2.55. The van der Waals surface area contributed by atoms with Gasteiger partial charge in [-0.3, -0.25) is 19.3 Å². The molecule has 4 amide bonds. The molecule has 0 aromatic carbocycles. The molecule has 0 aromatic heterocycles. The highest BCUT2D eigenvalue weighted by Crippen LogP contribution is 2.38. The number of hydrogen-bond donors (Lipinski definition) is 2. The minimum Gasteiger partial charge on any atom is -0.451 e. The molecule has 2 fully saturated rings. The Labute approximate surface area is 154 Å². The lowest BCUT2D eigenvalue weighted by molar-refractivity contribution is -0.157. The number of nitrogens with one attached hydrogen (secondary N) is 2. The molecule has 1 aliphatic heterocycles. The molecule has 8 heteroatoms. The average molecular weight is 367 g/mol. The van der Waals surface area contributed by atoms with E-state index in [0.717, 1.165) is 24.2 Å². The second kappa shape index (κ2) is 7.25. The van der Waals surface area contributed by atoms with Crippen molar-refractivity contribution in [3.05, 3.63) is 0 Å². The first kappa shape index (κ1) is 20.2. The maximum atomic E-state index is 12.8. The van der Waals surface area contributed by atoms with Crippen molar-refractivity contribution in [2.45, 2.75) is 77.5 Å². The van der Waals surface area contributed by atoms with Crippen molar-refractivity contribution in [1.82, 2.24) is 15.5 Å². The Balaban J connectivity index is 1.97. The minimum absolute atomic E-state index is 0.0187. The molecule has 2 N–H and O–H groups in total. The van der Waals surface area contributed by atoms with Crippen LogP contribution < -0.4 is 10.6 Å². The molecule has 0 aromatic rings. The Morgan fingerprint density at radius 2 is 2.00 bits per heavy atom. The summed E-state index contributed by atoms with van der Waals surface area (Å²) in [6.07, 6.45) is 2.31. The van der Waals surface area contributed by atoms with E-state index in [0.29, 0.717) is 6.42 Å². The van der Waals surface area contributed by atoms with Gasteiger partial charge in [0.2, 0.25) is 0 Å². The number of nitrogens with zero attached hydrogens (tertiary/aromatic N) is 1. The van der Waals surface area contributed by atoms with Gasteiger partial charge in [-0.1, -0.05) is 19.8 Å². The molecule has 2 rings (SSSR count). The molecule has 0 unspecified atom stereocenters. The lowest BCUT2D eigenvalue weighted by atomic mass is 9.73. The van der Waals surface area contributed by atoms with Gasteiger partial charge in [0.25, 0.3) is 11.8 Å². The van der Waals surface area contributed by atoms with Crippen molar-refractivity contribution in [3.8, 4) is 0 Å². The van der Waals surface area contributed by atoms with Crippen LogP contribution in [0.2, 0.25) is 0 Å². The number of ether oxygens (including phenoxy) is 1. The summed E-state index contributed by atoms with van der Waals surface area (Å²) in [5.41, 5.74) is -1.36. The van der Waals surface area contributed by atoms with Gasteiger partial charge < -0.3 is 15.4 Å². The summed E-state index contributed by atoms with van der Waals surface area (Å²) in [4.78, 5) is 50.1. The lowest BCUT2D eigenvalue weighted by Crippen LogP contribution is -2.54. The number of hydrogen-bond acceptors (Lipinski definition) is 5. The van der Waals surface area contributed by atoms with Crippen LogP contribution in [0.4, 0.5) is 4.79 Å². The number of carbonyl (C=O) groups excluding carboxylic acids is 4. The normalized spacial score (nSPS) is 27.3. The zero-order chi connectivity index (χ0) is 19.7. The Morgan fingerprint density at radius 3 is 2.58 bits per heavy atom. The van der Waals surface area contributed by atoms with E-state index in [2.05, 4.69) is 10.6 Å². The molecule has 3 atom stereocenters. The summed E-state index contributed by atoms with van der Waals surface area (Å²) in [7, 11) is 0. The van der Waals surface area contributed by atoms with Gasteiger partial charge in [-0.05, 0) is 46.5 Å². The number of rotatable bonds is 4. The van der Waals surface area contributed by atoms with Crippen molar-refractivity contribution < 1.29 is 23.9 Å².